The molecule has 0 saturated carbocycles. The summed E-state index contributed by atoms with van der Waals surface area (Å²) in [7, 11) is 0. The highest BCUT2D eigenvalue weighted by molar-refractivity contribution is 5.86. The van der Waals surface area contributed by atoms with E-state index >= 15 is 0 Å². The lowest BCUT2D eigenvalue weighted by atomic mass is 9.97. The Hall–Kier alpha value is -2.06. The molecule has 1 atom stereocenters. The number of para-hydroxylation sites is 1. The smallest absolute Gasteiger partial charge is 0.0504 e. The number of hydrogen-bond acceptors (Lipinski definition) is 1. The van der Waals surface area contributed by atoms with Gasteiger partial charge in [-0.1, -0.05) is 48.5 Å². The minimum absolute atomic E-state index is 0.634. The molecule has 1 fully saturated rings. The topological polar surface area (TPSA) is 8.17 Å². The quantitative estimate of drug-likeness (QED) is 0.682. The van der Waals surface area contributed by atoms with Crippen LogP contribution in [0.4, 0.5) is 0 Å². The van der Waals surface area contributed by atoms with E-state index in [9.17, 15) is 0 Å². The minimum atomic E-state index is 0.634. The van der Waals surface area contributed by atoms with Crippen LogP contribution in [-0.2, 0) is 13.0 Å². The summed E-state index contributed by atoms with van der Waals surface area (Å²) in [6.07, 6.45) is 3.86. The SMILES string of the molecule is c1ccc(Cn2c3c(c4ccccc42)CCN2CCC[C@@H]32)cc1. The third-order valence-corrected chi connectivity index (χ3v) is 5.63. The molecule has 3 heterocycles. The highest BCUT2D eigenvalue weighted by Gasteiger charge is 2.35. The van der Waals surface area contributed by atoms with E-state index < -0.39 is 0 Å². The first kappa shape index (κ1) is 13.4. The Kier molecular flexibility index (Phi) is 3.05. The van der Waals surface area contributed by atoms with Crippen LogP contribution in [0.5, 0.6) is 0 Å². The summed E-state index contributed by atoms with van der Waals surface area (Å²) in [4.78, 5) is 2.70. The molecule has 0 N–H and O–H groups in total. The van der Waals surface area contributed by atoms with E-state index in [1.165, 1.54) is 48.8 Å². The van der Waals surface area contributed by atoms with Crippen molar-refractivity contribution in [1.29, 1.82) is 0 Å². The summed E-state index contributed by atoms with van der Waals surface area (Å²) in [5.74, 6) is 0. The molecular weight excluding hydrogens is 280 g/mol. The predicted octanol–water partition coefficient (Wildman–Crippen LogP) is 4.38. The molecule has 0 radical (unpaired) electrons. The van der Waals surface area contributed by atoms with Gasteiger partial charge in [0.05, 0.1) is 6.04 Å². The zero-order valence-electron chi connectivity index (χ0n) is 13.4. The van der Waals surface area contributed by atoms with Gasteiger partial charge in [0, 0.05) is 29.7 Å². The van der Waals surface area contributed by atoms with Gasteiger partial charge < -0.3 is 4.57 Å². The fourth-order valence-electron chi connectivity index (χ4n) is 4.63. The van der Waals surface area contributed by atoms with Crippen molar-refractivity contribution >= 4 is 10.9 Å². The largest absolute Gasteiger partial charge is 0.338 e. The van der Waals surface area contributed by atoms with Crippen LogP contribution in [0.1, 0.15) is 35.7 Å². The first-order valence-electron chi connectivity index (χ1n) is 8.80. The number of aromatic nitrogens is 1. The molecule has 2 aliphatic rings. The summed E-state index contributed by atoms with van der Waals surface area (Å²) in [6.45, 7) is 3.50. The van der Waals surface area contributed by atoms with Gasteiger partial charge in [-0.05, 0) is 43.0 Å². The van der Waals surface area contributed by atoms with Crippen LogP contribution in [0, 0.1) is 0 Å². The number of fused-ring (bicyclic) bond motifs is 5. The van der Waals surface area contributed by atoms with E-state index in [0.717, 1.165) is 6.54 Å². The highest BCUT2D eigenvalue weighted by Crippen LogP contribution is 2.42. The summed E-state index contributed by atoms with van der Waals surface area (Å²) in [6, 6.07) is 20.5. The molecule has 2 aliphatic heterocycles. The van der Waals surface area contributed by atoms with Crippen LogP contribution >= 0.6 is 0 Å². The van der Waals surface area contributed by atoms with Gasteiger partial charge in [-0.3, -0.25) is 4.90 Å². The normalized spacial score (nSPS) is 20.6. The molecule has 116 valence electrons. The molecule has 2 nitrogen and oxygen atoms in total. The Morgan fingerprint density at radius 3 is 2.65 bits per heavy atom. The van der Waals surface area contributed by atoms with Crippen LogP contribution in [0.2, 0.25) is 0 Å². The number of rotatable bonds is 2. The van der Waals surface area contributed by atoms with Gasteiger partial charge in [0.2, 0.25) is 0 Å². The van der Waals surface area contributed by atoms with E-state index in [4.69, 9.17) is 0 Å². The van der Waals surface area contributed by atoms with Crippen LogP contribution in [0.3, 0.4) is 0 Å². The van der Waals surface area contributed by atoms with Crippen LogP contribution < -0.4 is 0 Å². The number of hydrogen-bond donors (Lipinski definition) is 0. The predicted molar refractivity (Wildman–Crippen MR) is 94.7 cm³/mol. The third-order valence-electron chi connectivity index (χ3n) is 5.63. The van der Waals surface area contributed by atoms with Gasteiger partial charge >= 0.3 is 0 Å². The van der Waals surface area contributed by atoms with E-state index in [-0.39, 0.29) is 0 Å². The van der Waals surface area contributed by atoms with E-state index in [2.05, 4.69) is 64.1 Å². The van der Waals surface area contributed by atoms with E-state index in [1.54, 1.807) is 11.3 Å². The monoisotopic (exact) mass is 302 g/mol. The zero-order valence-corrected chi connectivity index (χ0v) is 13.4. The second kappa shape index (κ2) is 5.24. The van der Waals surface area contributed by atoms with Gasteiger partial charge in [0.15, 0.2) is 0 Å². The molecule has 0 bridgehead atoms. The Balaban J connectivity index is 1.72. The van der Waals surface area contributed by atoms with Crippen molar-refractivity contribution in [2.24, 2.45) is 0 Å². The number of benzene rings is 2. The summed E-state index contributed by atoms with van der Waals surface area (Å²) >= 11 is 0. The van der Waals surface area contributed by atoms with Crippen molar-refractivity contribution in [3.8, 4) is 0 Å². The standard InChI is InChI=1S/C21H22N2/c1-2-7-16(8-3-1)15-23-19-10-5-4-9-17(19)18-12-14-22-13-6-11-20(22)21(18)23/h1-5,7-10,20H,6,11-15H2/t20-/m0/s1. The van der Waals surface area contributed by atoms with Crippen LogP contribution in [0.15, 0.2) is 54.6 Å². The summed E-state index contributed by atoms with van der Waals surface area (Å²) in [5.41, 5.74) is 6.01. The Morgan fingerprint density at radius 2 is 1.74 bits per heavy atom. The Morgan fingerprint density at radius 1 is 0.913 bits per heavy atom. The third kappa shape index (κ3) is 2.05. The van der Waals surface area contributed by atoms with Crippen molar-refractivity contribution in [3.63, 3.8) is 0 Å². The molecule has 0 spiro atoms. The summed E-state index contributed by atoms with van der Waals surface area (Å²) in [5, 5.41) is 1.48. The lowest BCUT2D eigenvalue weighted by molar-refractivity contribution is 0.235. The van der Waals surface area contributed by atoms with Crippen LogP contribution in [-0.4, -0.2) is 22.6 Å². The molecule has 1 aromatic heterocycles. The molecule has 23 heavy (non-hydrogen) atoms. The average molecular weight is 302 g/mol. The molecule has 2 heteroatoms. The summed E-state index contributed by atoms with van der Waals surface area (Å²) < 4.78 is 2.60. The first-order valence-corrected chi connectivity index (χ1v) is 8.80. The molecule has 2 aromatic carbocycles. The van der Waals surface area contributed by atoms with Crippen molar-refractivity contribution in [1.82, 2.24) is 9.47 Å². The Labute approximate surface area is 137 Å². The zero-order chi connectivity index (χ0) is 15.2. The first-order chi connectivity index (χ1) is 11.4. The second-order valence-corrected chi connectivity index (χ2v) is 6.90. The van der Waals surface area contributed by atoms with Gasteiger partial charge in [-0.2, -0.15) is 0 Å². The minimum Gasteiger partial charge on any atom is -0.338 e. The Bertz CT molecular complexity index is 847. The lowest BCUT2D eigenvalue weighted by Crippen LogP contribution is -2.32. The van der Waals surface area contributed by atoms with Crippen LogP contribution in [0.25, 0.3) is 10.9 Å². The molecule has 1 saturated heterocycles. The molecule has 5 rings (SSSR count). The molecule has 0 amide bonds. The molecule has 0 unspecified atom stereocenters. The van der Waals surface area contributed by atoms with Crippen molar-refractivity contribution in [2.45, 2.75) is 31.8 Å². The molecule has 0 aliphatic carbocycles. The fourth-order valence-corrected chi connectivity index (χ4v) is 4.63. The maximum absolute atomic E-state index is 2.70. The fraction of sp³-hybridized carbons (Fsp3) is 0.333. The van der Waals surface area contributed by atoms with Crippen molar-refractivity contribution in [2.75, 3.05) is 13.1 Å². The van der Waals surface area contributed by atoms with Crippen molar-refractivity contribution in [3.05, 3.63) is 71.4 Å². The van der Waals surface area contributed by atoms with Gasteiger partial charge in [-0.15, -0.1) is 0 Å². The van der Waals surface area contributed by atoms with E-state index in [0.29, 0.717) is 6.04 Å². The van der Waals surface area contributed by atoms with Gasteiger partial charge in [-0.25, -0.2) is 0 Å². The second-order valence-electron chi connectivity index (χ2n) is 6.90. The van der Waals surface area contributed by atoms with Gasteiger partial charge in [0.25, 0.3) is 0 Å². The maximum Gasteiger partial charge on any atom is 0.0504 e. The van der Waals surface area contributed by atoms with E-state index in [1.807, 2.05) is 0 Å². The highest BCUT2D eigenvalue weighted by atomic mass is 15.2. The molecular formula is C21H22N2. The van der Waals surface area contributed by atoms with Crippen molar-refractivity contribution < 1.29 is 0 Å². The average Bonchev–Trinajstić information content (AvgIpc) is 3.19. The molecule has 3 aromatic rings. The lowest BCUT2D eigenvalue weighted by Gasteiger charge is -2.31. The number of nitrogens with zero attached hydrogens (tertiary/aromatic N) is 2. The maximum atomic E-state index is 2.70. The van der Waals surface area contributed by atoms with Gasteiger partial charge in [0.1, 0.15) is 0 Å².